The molecule has 2 N–H and O–H groups in total. The third-order valence-corrected chi connectivity index (χ3v) is 2.68. The molecular weight excluding hydrogens is 218 g/mol. The van der Waals surface area contributed by atoms with E-state index in [1.54, 1.807) is 7.11 Å². The molecule has 0 aliphatic rings. The Morgan fingerprint density at radius 2 is 2.24 bits per heavy atom. The van der Waals surface area contributed by atoms with Crippen LogP contribution in [-0.4, -0.2) is 42.5 Å². The molecule has 0 aliphatic carbocycles. The SMILES string of the molecule is CCC(N)Cc1nccn1CCOCCOC. The monoisotopic (exact) mass is 241 g/mol. The summed E-state index contributed by atoms with van der Waals surface area (Å²) in [7, 11) is 1.67. The zero-order valence-corrected chi connectivity index (χ0v) is 10.8. The van der Waals surface area contributed by atoms with Crippen LogP contribution in [0.25, 0.3) is 0 Å². The molecule has 0 bridgehead atoms. The van der Waals surface area contributed by atoms with E-state index in [1.807, 2.05) is 12.4 Å². The molecule has 0 aliphatic heterocycles. The van der Waals surface area contributed by atoms with E-state index in [9.17, 15) is 0 Å². The van der Waals surface area contributed by atoms with Crippen molar-refractivity contribution in [3.63, 3.8) is 0 Å². The lowest BCUT2D eigenvalue weighted by atomic mass is 10.1. The van der Waals surface area contributed by atoms with Gasteiger partial charge in [0.05, 0.1) is 19.8 Å². The zero-order chi connectivity index (χ0) is 12.5. The molecule has 1 rings (SSSR count). The van der Waals surface area contributed by atoms with Crippen LogP contribution in [0.2, 0.25) is 0 Å². The minimum absolute atomic E-state index is 0.186. The first-order valence-electron chi connectivity index (χ1n) is 6.10. The van der Waals surface area contributed by atoms with E-state index in [-0.39, 0.29) is 6.04 Å². The number of nitrogens with zero attached hydrogens (tertiary/aromatic N) is 2. The van der Waals surface area contributed by atoms with Gasteiger partial charge in [0, 0.05) is 38.5 Å². The van der Waals surface area contributed by atoms with Crippen molar-refractivity contribution in [3.05, 3.63) is 18.2 Å². The number of imidazole rings is 1. The summed E-state index contributed by atoms with van der Waals surface area (Å²) in [6.45, 7) is 4.85. The summed E-state index contributed by atoms with van der Waals surface area (Å²) in [4.78, 5) is 4.32. The fraction of sp³-hybridized carbons (Fsp3) is 0.750. The second-order valence-electron chi connectivity index (χ2n) is 4.01. The number of methoxy groups -OCH3 is 1. The summed E-state index contributed by atoms with van der Waals surface area (Å²) in [6.07, 6.45) is 5.57. The van der Waals surface area contributed by atoms with Crippen LogP contribution >= 0.6 is 0 Å². The zero-order valence-electron chi connectivity index (χ0n) is 10.8. The third kappa shape index (κ3) is 5.30. The smallest absolute Gasteiger partial charge is 0.110 e. The van der Waals surface area contributed by atoms with Gasteiger partial charge in [0.15, 0.2) is 0 Å². The highest BCUT2D eigenvalue weighted by atomic mass is 16.5. The van der Waals surface area contributed by atoms with Crippen molar-refractivity contribution >= 4 is 0 Å². The molecule has 0 saturated heterocycles. The Morgan fingerprint density at radius 1 is 1.41 bits per heavy atom. The summed E-state index contributed by atoms with van der Waals surface area (Å²) in [6, 6.07) is 0.186. The van der Waals surface area contributed by atoms with Crippen molar-refractivity contribution in [2.75, 3.05) is 26.9 Å². The Morgan fingerprint density at radius 3 is 2.94 bits per heavy atom. The van der Waals surface area contributed by atoms with E-state index in [0.29, 0.717) is 19.8 Å². The van der Waals surface area contributed by atoms with Crippen LogP contribution in [0.1, 0.15) is 19.2 Å². The summed E-state index contributed by atoms with van der Waals surface area (Å²) in [5, 5.41) is 0. The van der Waals surface area contributed by atoms with Crippen molar-refractivity contribution < 1.29 is 9.47 Å². The molecule has 5 nitrogen and oxygen atoms in total. The number of nitrogens with two attached hydrogens (primary N) is 1. The lowest BCUT2D eigenvalue weighted by molar-refractivity contribution is 0.0663. The molecule has 1 aromatic rings. The van der Waals surface area contributed by atoms with Gasteiger partial charge in [0.1, 0.15) is 5.82 Å². The van der Waals surface area contributed by atoms with Crippen LogP contribution in [0.3, 0.4) is 0 Å². The maximum absolute atomic E-state index is 5.93. The topological polar surface area (TPSA) is 62.3 Å². The molecule has 0 amide bonds. The van der Waals surface area contributed by atoms with Gasteiger partial charge >= 0.3 is 0 Å². The van der Waals surface area contributed by atoms with Crippen LogP contribution in [0.4, 0.5) is 0 Å². The summed E-state index contributed by atoms with van der Waals surface area (Å²) < 4.78 is 12.4. The molecule has 1 atom stereocenters. The molecule has 0 spiro atoms. The lowest BCUT2D eigenvalue weighted by Gasteiger charge is -2.11. The van der Waals surface area contributed by atoms with Gasteiger partial charge in [0.2, 0.25) is 0 Å². The third-order valence-electron chi connectivity index (χ3n) is 2.68. The highest BCUT2D eigenvalue weighted by Crippen LogP contribution is 2.03. The minimum atomic E-state index is 0.186. The standard InChI is InChI=1S/C12H23N3O2/c1-3-11(13)10-12-14-4-5-15(12)6-7-17-9-8-16-2/h4-5,11H,3,6-10,13H2,1-2H3. The molecular formula is C12H23N3O2. The van der Waals surface area contributed by atoms with E-state index < -0.39 is 0 Å². The highest BCUT2D eigenvalue weighted by Gasteiger charge is 2.07. The van der Waals surface area contributed by atoms with Crippen molar-refractivity contribution in [2.24, 2.45) is 5.73 Å². The molecule has 1 aromatic heterocycles. The van der Waals surface area contributed by atoms with Gasteiger partial charge in [-0.3, -0.25) is 0 Å². The van der Waals surface area contributed by atoms with Crippen molar-refractivity contribution in [2.45, 2.75) is 32.4 Å². The van der Waals surface area contributed by atoms with Crippen molar-refractivity contribution in [1.82, 2.24) is 9.55 Å². The van der Waals surface area contributed by atoms with E-state index in [0.717, 1.165) is 25.2 Å². The Balaban J connectivity index is 2.30. The van der Waals surface area contributed by atoms with Gasteiger partial charge in [-0.25, -0.2) is 4.98 Å². The van der Waals surface area contributed by atoms with Crippen LogP contribution in [0.15, 0.2) is 12.4 Å². The average Bonchev–Trinajstić information content (AvgIpc) is 2.76. The highest BCUT2D eigenvalue weighted by molar-refractivity contribution is 4.94. The van der Waals surface area contributed by atoms with E-state index in [4.69, 9.17) is 15.2 Å². The largest absolute Gasteiger partial charge is 0.382 e. The fourth-order valence-electron chi connectivity index (χ4n) is 1.52. The van der Waals surface area contributed by atoms with Crippen molar-refractivity contribution in [3.8, 4) is 0 Å². The lowest BCUT2D eigenvalue weighted by Crippen LogP contribution is -2.24. The Kier molecular flexibility index (Phi) is 6.84. The maximum Gasteiger partial charge on any atom is 0.110 e. The normalized spacial score (nSPS) is 12.9. The first-order valence-corrected chi connectivity index (χ1v) is 6.10. The molecule has 1 heterocycles. The molecule has 5 heteroatoms. The van der Waals surface area contributed by atoms with E-state index in [2.05, 4.69) is 16.5 Å². The minimum Gasteiger partial charge on any atom is -0.382 e. The van der Waals surface area contributed by atoms with Gasteiger partial charge in [-0.1, -0.05) is 6.92 Å². The van der Waals surface area contributed by atoms with Gasteiger partial charge < -0.3 is 19.8 Å². The van der Waals surface area contributed by atoms with Crippen molar-refractivity contribution in [1.29, 1.82) is 0 Å². The molecule has 0 radical (unpaired) electrons. The summed E-state index contributed by atoms with van der Waals surface area (Å²) >= 11 is 0. The number of ether oxygens (including phenoxy) is 2. The predicted octanol–water partition coefficient (Wildman–Crippen LogP) is 0.826. The Labute approximate surface area is 103 Å². The average molecular weight is 241 g/mol. The first-order chi connectivity index (χ1) is 8.27. The molecule has 98 valence electrons. The van der Waals surface area contributed by atoms with Gasteiger partial charge in [-0.2, -0.15) is 0 Å². The predicted molar refractivity (Wildman–Crippen MR) is 66.9 cm³/mol. The quantitative estimate of drug-likeness (QED) is 0.650. The van der Waals surface area contributed by atoms with Crippen LogP contribution < -0.4 is 5.73 Å². The van der Waals surface area contributed by atoms with Gasteiger partial charge in [-0.05, 0) is 6.42 Å². The molecule has 0 saturated carbocycles. The first kappa shape index (κ1) is 14.2. The molecule has 1 unspecified atom stereocenters. The number of rotatable bonds is 9. The maximum atomic E-state index is 5.93. The van der Waals surface area contributed by atoms with E-state index in [1.165, 1.54) is 0 Å². The fourth-order valence-corrected chi connectivity index (χ4v) is 1.52. The second kappa shape index (κ2) is 8.22. The number of hydrogen-bond donors (Lipinski definition) is 1. The molecule has 0 fully saturated rings. The number of hydrogen-bond acceptors (Lipinski definition) is 4. The van der Waals surface area contributed by atoms with Gasteiger partial charge in [0.25, 0.3) is 0 Å². The summed E-state index contributed by atoms with van der Waals surface area (Å²) in [5.41, 5.74) is 5.93. The Hall–Kier alpha value is -0.910. The van der Waals surface area contributed by atoms with Gasteiger partial charge in [-0.15, -0.1) is 0 Å². The second-order valence-corrected chi connectivity index (χ2v) is 4.01. The summed E-state index contributed by atoms with van der Waals surface area (Å²) in [5.74, 6) is 1.04. The van der Waals surface area contributed by atoms with Crippen LogP contribution in [-0.2, 0) is 22.4 Å². The molecule has 17 heavy (non-hydrogen) atoms. The van der Waals surface area contributed by atoms with Crippen LogP contribution in [0, 0.1) is 0 Å². The Bertz CT molecular complexity index is 302. The van der Waals surface area contributed by atoms with Crippen LogP contribution in [0.5, 0.6) is 0 Å². The van der Waals surface area contributed by atoms with E-state index >= 15 is 0 Å². The molecule has 0 aromatic carbocycles. The number of aromatic nitrogens is 2.